The lowest BCUT2D eigenvalue weighted by Crippen LogP contribution is -2.29. The maximum Gasteiger partial charge on any atom is 0.338 e. The molecular weight excluding hydrogens is 292 g/mol. The molecule has 5 nitrogen and oxygen atoms in total. The Bertz CT molecular complexity index is 667. The highest BCUT2D eigenvalue weighted by molar-refractivity contribution is 5.91. The molecule has 23 heavy (non-hydrogen) atoms. The first-order valence-corrected chi connectivity index (χ1v) is 7.72. The van der Waals surface area contributed by atoms with Gasteiger partial charge in [0.05, 0.1) is 5.56 Å². The average molecular weight is 314 g/mol. The second-order valence-corrected chi connectivity index (χ2v) is 5.42. The Hall–Kier alpha value is -2.56. The van der Waals surface area contributed by atoms with Crippen molar-refractivity contribution in [2.75, 3.05) is 13.2 Å². The molecule has 0 atom stereocenters. The quantitative estimate of drug-likeness (QED) is 0.834. The second-order valence-electron chi connectivity index (χ2n) is 5.42. The van der Waals surface area contributed by atoms with Gasteiger partial charge in [-0.25, -0.2) is 4.79 Å². The Labute approximate surface area is 136 Å². The zero-order valence-electron chi connectivity index (χ0n) is 13.8. The van der Waals surface area contributed by atoms with Gasteiger partial charge in [0.15, 0.2) is 6.61 Å². The number of nitrogens with one attached hydrogen (secondary N) is 1. The minimum absolute atomic E-state index is 0.254. The van der Waals surface area contributed by atoms with E-state index in [1.165, 1.54) is 0 Å². The predicted octanol–water partition coefficient (Wildman–Crippen LogP) is 2.78. The van der Waals surface area contributed by atoms with Crippen molar-refractivity contribution in [2.24, 2.45) is 0 Å². The maximum atomic E-state index is 11.9. The summed E-state index contributed by atoms with van der Waals surface area (Å²) in [5, 5.41) is 2.66. The van der Waals surface area contributed by atoms with Crippen molar-refractivity contribution in [3.63, 3.8) is 0 Å². The zero-order chi connectivity index (χ0) is 16.8. The van der Waals surface area contributed by atoms with Crippen molar-refractivity contribution in [3.8, 4) is 5.69 Å². The molecule has 0 unspecified atom stereocenters. The Morgan fingerprint density at radius 3 is 2.22 bits per heavy atom. The third-order valence-electron chi connectivity index (χ3n) is 3.54. The van der Waals surface area contributed by atoms with Gasteiger partial charge >= 0.3 is 5.97 Å². The summed E-state index contributed by atoms with van der Waals surface area (Å²) in [5.74, 6) is -0.778. The first kappa shape index (κ1) is 16.8. The van der Waals surface area contributed by atoms with Crippen LogP contribution in [0.1, 0.15) is 35.1 Å². The number of esters is 1. The molecule has 1 amide bonds. The van der Waals surface area contributed by atoms with Crippen LogP contribution >= 0.6 is 0 Å². The first-order valence-electron chi connectivity index (χ1n) is 7.72. The molecule has 1 aromatic carbocycles. The fourth-order valence-electron chi connectivity index (χ4n) is 2.35. The van der Waals surface area contributed by atoms with E-state index in [1.807, 2.05) is 45.0 Å². The van der Waals surface area contributed by atoms with Crippen LogP contribution in [-0.2, 0) is 9.53 Å². The Morgan fingerprint density at radius 2 is 1.65 bits per heavy atom. The number of hydrogen-bond donors (Lipinski definition) is 1. The molecule has 0 aliphatic carbocycles. The lowest BCUT2D eigenvalue weighted by molar-refractivity contribution is -0.124. The number of aryl methyl sites for hydroxylation is 2. The van der Waals surface area contributed by atoms with Gasteiger partial charge in [-0.2, -0.15) is 0 Å². The lowest BCUT2D eigenvalue weighted by Gasteiger charge is -2.10. The third kappa shape index (κ3) is 4.22. The van der Waals surface area contributed by atoms with E-state index in [0.29, 0.717) is 12.1 Å². The van der Waals surface area contributed by atoms with E-state index in [9.17, 15) is 9.59 Å². The van der Waals surface area contributed by atoms with E-state index in [1.54, 1.807) is 12.1 Å². The van der Waals surface area contributed by atoms with Crippen molar-refractivity contribution < 1.29 is 14.3 Å². The number of benzene rings is 1. The van der Waals surface area contributed by atoms with Crippen molar-refractivity contribution in [2.45, 2.75) is 27.2 Å². The molecule has 0 saturated carbocycles. The Morgan fingerprint density at radius 1 is 1.04 bits per heavy atom. The minimum Gasteiger partial charge on any atom is -0.452 e. The molecule has 0 aliphatic heterocycles. The number of aromatic nitrogens is 1. The molecule has 0 fully saturated rings. The van der Waals surface area contributed by atoms with Crippen LogP contribution in [-0.4, -0.2) is 29.6 Å². The number of amides is 1. The van der Waals surface area contributed by atoms with Gasteiger partial charge in [-0.3, -0.25) is 4.79 Å². The molecule has 5 heteroatoms. The van der Waals surface area contributed by atoms with Crippen LogP contribution in [0.25, 0.3) is 5.69 Å². The van der Waals surface area contributed by atoms with Gasteiger partial charge in [0.1, 0.15) is 0 Å². The van der Waals surface area contributed by atoms with Crippen LogP contribution in [0.15, 0.2) is 36.4 Å². The van der Waals surface area contributed by atoms with Crippen LogP contribution < -0.4 is 5.32 Å². The Balaban J connectivity index is 1.99. The SMILES string of the molecule is CCCNC(=O)COC(=O)c1ccc(-n2c(C)ccc2C)cc1. The molecule has 0 radical (unpaired) electrons. The van der Waals surface area contributed by atoms with E-state index >= 15 is 0 Å². The van der Waals surface area contributed by atoms with Crippen molar-refractivity contribution >= 4 is 11.9 Å². The van der Waals surface area contributed by atoms with Crippen LogP contribution in [0.5, 0.6) is 0 Å². The lowest BCUT2D eigenvalue weighted by atomic mass is 10.2. The third-order valence-corrected chi connectivity index (χ3v) is 3.54. The summed E-state index contributed by atoms with van der Waals surface area (Å²) >= 11 is 0. The van der Waals surface area contributed by atoms with Crippen molar-refractivity contribution in [1.29, 1.82) is 0 Å². The van der Waals surface area contributed by atoms with E-state index in [-0.39, 0.29) is 12.5 Å². The molecule has 1 N–H and O–H groups in total. The number of rotatable bonds is 6. The second kappa shape index (κ2) is 7.63. The van der Waals surface area contributed by atoms with Gasteiger partial charge in [0.25, 0.3) is 5.91 Å². The normalized spacial score (nSPS) is 10.4. The van der Waals surface area contributed by atoms with Crippen molar-refractivity contribution in [1.82, 2.24) is 9.88 Å². The summed E-state index contributed by atoms with van der Waals surface area (Å²) in [4.78, 5) is 23.4. The van der Waals surface area contributed by atoms with E-state index in [0.717, 1.165) is 23.5 Å². The zero-order valence-corrected chi connectivity index (χ0v) is 13.8. The molecule has 1 heterocycles. The summed E-state index contributed by atoms with van der Waals surface area (Å²) in [7, 11) is 0. The van der Waals surface area contributed by atoms with Crippen LogP contribution in [0.3, 0.4) is 0 Å². The highest BCUT2D eigenvalue weighted by atomic mass is 16.5. The van der Waals surface area contributed by atoms with Gasteiger partial charge in [-0.05, 0) is 56.7 Å². The van der Waals surface area contributed by atoms with Crippen LogP contribution in [0.4, 0.5) is 0 Å². The molecule has 122 valence electrons. The summed E-state index contributed by atoms with van der Waals surface area (Å²) in [6, 6.07) is 11.3. The van der Waals surface area contributed by atoms with Gasteiger partial charge in [0, 0.05) is 23.6 Å². The maximum absolute atomic E-state index is 11.9. The molecule has 2 aromatic rings. The van der Waals surface area contributed by atoms with Crippen molar-refractivity contribution in [3.05, 3.63) is 53.3 Å². The molecule has 0 aliphatic rings. The molecular formula is C18H22N2O3. The molecule has 0 bridgehead atoms. The summed E-state index contributed by atoms with van der Waals surface area (Å²) in [5.41, 5.74) is 3.68. The smallest absolute Gasteiger partial charge is 0.338 e. The predicted molar refractivity (Wildman–Crippen MR) is 88.8 cm³/mol. The monoisotopic (exact) mass is 314 g/mol. The average Bonchev–Trinajstić information content (AvgIpc) is 2.89. The standard InChI is InChI=1S/C18H22N2O3/c1-4-11-19-17(21)12-23-18(22)15-7-9-16(10-8-15)20-13(2)5-6-14(20)3/h5-10H,4,11-12H2,1-3H3,(H,19,21). The number of nitrogens with zero attached hydrogens (tertiary/aromatic N) is 1. The number of carbonyl (C=O) groups excluding carboxylic acids is 2. The van der Waals surface area contributed by atoms with Crippen LogP contribution in [0, 0.1) is 13.8 Å². The van der Waals surface area contributed by atoms with Gasteiger partial charge in [0.2, 0.25) is 0 Å². The topological polar surface area (TPSA) is 60.3 Å². The molecule has 0 spiro atoms. The highest BCUT2D eigenvalue weighted by Gasteiger charge is 2.11. The summed E-state index contributed by atoms with van der Waals surface area (Å²) in [6.07, 6.45) is 0.847. The van der Waals surface area contributed by atoms with E-state index < -0.39 is 5.97 Å². The number of ether oxygens (including phenoxy) is 1. The molecule has 2 rings (SSSR count). The van der Waals surface area contributed by atoms with Gasteiger partial charge in [-0.15, -0.1) is 0 Å². The van der Waals surface area contributed by atoms with E-state index in [2.05, 4.69) is 9.88 Å². The first-order chi connectivity index (χ1) is 11.0. The fraction of sp³-hybridized carbons (Fsp3) is 0.333. The van der Waals surface area contributed by atoms with Gasteiger partial charge in [-0.1, -0.05) is 6.92 Å². The summed E-state index contributed by atoms with van der Waals surface area (Å²) in [6.45, 7) is 6.35. The number of carbonyl (C=O) groups is 2. The molecule has 0 saturated heterocycles. The molecule has 1 aromatic heterocycles. The Kier molecular flexibility index (Phi) is 5.57. The largest absolute Gasteiger partial charge is 0.452 e. The fourth-order valence-corrected chi connectivity index (χ4v) is 2.35. The van der Waals surface area contributed by atoms with E-state index in [4.69, 9.17) is 4.74 Å². The highest BCUT2D eigenvalue weighted by Crippen LogP contribution is 2.17. The van der Waals surface area contributed by atoms with Crippen LogP contribution in [0.2, 0.25) is 0 Å². The summed E-state index contributed by atoms with van der Waals surface area (Å²) < 4.78 is 7.11. The number of hydrogen-bond acceptors (Lipinski definition) is 3. The van der Waals surface area contributed by atoms with Gasteiger partial charge < -0.3 is 14.6 Å². The minimum atomic E-state index is -0.496.